The van der Waals surface area contributed by atoms with Gasteiger partial charge in [-0.1, -0.05) is 6.92 Å². The molecule has 2 atom stereocenters. The van der Waals surface area contributed by atoms with Crippen molar-refractivity contribution < 1.29 is 9.53 Å². The van der Waals surface area contributed by atoms with Gasteiger partial charge in [0.1, 0.15) is 6.10 Å². The Hall–Kier alpha value is -1.08. The van der Waals surface area contributed by atoms with E-state index in [1.54, 1.807) is 11.9 Å². The highest BCUT2D eigenvalue weighted by Crippen LogP contribution is 2.21. The molecule has 0 saturated carbocycles. The number of hydrogen-bond acceptors (Lipinski definition) is 3. The molecule has 1 aliphatic rings. The number of ether oxygens (including phenoxy) is 1. The van der Waals surface area contributed by atoms with E-state index in [1.807, 2.05) is 13.0 Å². The molecule has 0 N–H and O–H groups in total. The van der Waals surface area contributed by atoms with Crippen LogP contribution in [0.15, 0.2) is 0 Å². The number of carbonyl (C=O) groups excluding carboxylic acids is 1. The molecule has 4 nitrogen and oxygen atoms in total. The Morgan fingerprint density at radius 1 is 1.71 bits per heavy atom. The topological polar surface area (TPSA) is 53.3 Å². The molecule has 0 aromatic heterocycles. The van der Waals surface area contributed by atoms with E-state index in [4.69, 9.17) is 10.00 Å². The Morgan fingerprint density at radius 3 is 2.93 bits per heavy atom. The van der Waals surface area contributed by atoms with Crippen molar-refractivity contribution in [2.45, 2.75) is 25.9 Å². The highest BCUT2D eigenvalue weighted by atomic mass is 16.5. The molecule has 1 saturated heterocycles. The average Bonchev–Trinajstić information content (AvgIpc) is 2.59. The molecule has 78 valence electrons. The fraction of sp³-hybridized carbons (Fsp3) is 0.800. The molecule has 1 rings (SSSR count). The Labute approximate surface area is 84.4 Å². The average molecular weight is 196 g/mol. The summed E-state index contributed by atoms with van der Waals surface area (Å²) in [5.41, 5.74) is 0. The normalized spacial score (nSPS) is 25.8. The Bertz CT molecular complexity index is 247. The summed E-state index contributed by atoms with van der Waals surface area (Å²) in [5.74, 6) is 0.303. The van der Waals surface area contributed by atoms with Crippen LogP contribution in [-0.2, 0) is 9.53 Å². The molecule has 1 fully saturated rings. The van der Waals surface area contributed by atoms with Gasteiger partial charge in [0.15, 0.2) is 0 Å². The molecule has 0 aliphatic carbocycles. The van der Waals surface area contributed by atoms with Crippen LogP contribution in [0.2, 0.25) is 0 Å². The first-order valence-electron chi connectivity index (χ1n) is 4.90. The largest absolute Gasteiger partial charge is 0.368 e. The van der Waals surface area contributed by atoms with E-state index in [-0.39, 0.29) is 12.0 Å². The maximum Gasteiger partial charge on any atom is 0.251 e. The van der Waals surface area contributed by atoms with Gasteiger partial charge in [-0.25, -0.2) is 0 Å². The first kappa shape index (κ1) is 11.0. The Balaban J connectivity index is 2.44. The molecule has 1 heterocycles. The van der Waals surface area contributed by atoms with Crippen LogP contribution in [0.4, 0.5) is 0 Å². The summed E-state index contributed by atoms with van der Waals surface area (Å²) < 4.78 is 5.35. The second-order valence-electron chi connectivity index (χ2n) is 3.73. The van der Waals surface area contributed by atoms with Crippen LogP contribution in [0.5, 0.6) is 0 Å². The van der Waals surface area contributed by atoms with E-state index in [2.05, 4.69) is 0 Å². The number of nitriles is 1. The minimum absolute atomic E-state index is 0.00486. The number of nitrogens with zero attached hydrogens (tertiary/aromatic N) is 2. The van der Waals surface area contributed by atoms with Crippen molar-refractivity contribution in [3.05, 3.63) is 0 Å². The predicted molar refractivity (Wildman–Crippen MR) is 51.4 cm³/mol. The highest BCUT2D eigenvalue weighted by molar-refractivity contribution is 5.81. The van der Waals surface area contributed by atoms with Gasteiger partial charge in [0.2, 0.25) is 0 Å². The van der Waals surface area contributed by atoms with E-state index < -0.39 is 0 Å². The summed E-state index contributed by atoms with van der Waals surface area (Å²) in [6.07, 6.45) is 1.03. The Morgan fingerprint density at radius 2 is 2.43 bits per heavy atom. The molecule has 0 radical (unpaired) electrons. The van der Waals surface area contributed by atoms with Gasteiger partial charge in [-0.15, -0.1) is 0 Å². The van der Waals surface area contributed by atoms with Crippen molar-refractivity contribution in [2.24, 2.45) is 5.92 Å². The van der Waals surface area contributed by atoms with Crippen molar-refractivity contribution in [1.82, 2.24) is 4.90 Å². The van der Waals surface area contributed by atoms with Gasteiger partial charge in [-0.3, -0.25) is 4.79 Å². The summed E-state index contributed by atoms with van der Waals surface area (Å²) in [7, 11) is 1.72. The van der Waals surface area contributed by atoms with Crippen LogP contribution < -0.4 is 0 Å². The van der Waals surface area contributed by atoms with Gasteiger partial charge < -0.3 is 9.64 Å². The lowest BCUT2D eigenvalue weighted by Crippen LogP contribution is -2.39. The fourth-order valence-electron chi connectivity index (χ4n) is 1.56. The van der Waals surface area contributed by atoms with Crippen LogP contribution in [0.25, 0.3) is 0 Å². The molecular formula is C10H16N2O2. The third-order valence-electron chi connectivity index (χ3n) is 2.57. The van der Waals surface area contributed by atoms with Crippen LogP contribution in [0.3, 0.4) is 0 Å². The molecule has 1 aliphatic heterocycles. The third-order valence-corrected chi connectivity index (χ3v) is 2.57. The molecular weight excluding hydrogens is 180 g/mol. The van der Waals surface area contributed by atoms with Crippen LogP contribution >= 0.6 is 0 Å². The lowest BCUT2D eigenvalue weighted by Gasteiger charge is -2.21. The van der Waals surface area contributed by atoms with Gasteiger partial charge in [0, 0.05) is 20.2 Å². The smallest absolute Gasteiger partial charge is 0.251 e. The number of rotatable bonds is 3. The number of hydrogen-bond donors (Lipinski definition) is 0. The Kier molecular flexibility index (Phi) is 3.90. The van der Waals surface area contributed by atoms with Gasteiger partial charge in [-0.05, 0) is 12.3 Å². The number of carbonyl (C=O) groups is 1. The number of likely N-dealkylation sites (N-methyl/N-ethyl adjacent to an activating group) is 1. The van der Waals surface area contributed by atoms with E-state index in [9.17, 15) is 4.79 Å². The second-order valence-corrected chi connectivity index (χ2v) is 3.73. The molecule has 0 bridgehead atoms. The van der Waals surface area contributed by atoms with Crippen molar-refractivity contribution in [2.75, 3.05) is 20.2 Å². The predicted octanol–water partition coefficient (Wildman–Crippen LogP) is 0.783. The summed E-state index contributed by atoms with van der Waals surface area (Å²) in [5, 5.41) is 8.40. The van der Waals surface area contributed by atoms with Crippen molar-refractivity contribution >= 4 is 5.91 Å². The lowest BCUT2D eigenvalue weighted by molar-refractivity contribution is -0.141. The summed E-state index contributed by atoms with van der Waals surface area (Å²) in [6, 6.07) is 2.02. The van der Waals surface area contributed by atoms with Crippen LogP contribution in [0, 0.1) is 17.2 Å². The monoisotopic (exact) mass is 196 g/mol. The first-order chi connectivity index (χ1) is 6.66. The highest BCUT2D eigenvalue weighted by Gasteiger charge is 2.32. The molecule has 14 heavy (non-hydrogen) atoms. The zero-order valence-corrected chi connectivity index (χ0v) is 8.69. The summed E-state index contributed by atoms with van der Waals surface area (Å²) in [4.78, 5) is 13.3. The van der Waals surface area contributed by atoms with Crippen molar-refractivity contribution in [3.8, 4) is 6.07 Å². The molecule has 0 aromatic rings. The second kappa shape index (κ2) is 4.97. The summed E-state index contributed by atoms with van der Waals surface area (Å²) >= 11 is 0. The van der Waals surface area contributed by atoms with Crippen molar-refractivity contribution in [3.63, 3.8) is 0 Å². The molecule has 4 heteroatoms. The maximum atomic E-state index is 11.8. The first-order valence-corrected chi connectivity index (χ1v) is 4.90. The molecule has 2 unspecified atom stereocenters. The van der Waals surface area contributed by atoms with E-state index >= 15 is 0 Å². The van der Waals surface area contributed by atoms with E-state index in [0.29, 0.717) is 25.5 Å². The van der Waals surface area contributed by atoms with Crippen LogP contribution in [-0.4, -0.2) is 37.1 Å². The minimum Gasteiger partial charge on any atom is -0.368 e. The van der Waals surface area contributed by atoms with E-state index in [0.717, 1.165) is 6.42 Å². The number of amides is 1. The third kappa shape index (κ3) is 2.46. The van der Waals surface area contributed by atoms with Gasteiger partial charge in [0.25, 0.3) is 5.91 Å². The van der Waals surface area contributed by atoms with Gasteiger partial charge >= 0.3 is 0 Å². The maximum absolute atomic E-state index is 11.8. The van der Waals surface area contributed by atoms with E-state index in [1.165, 1.54) is 0 Å². The van der Waals surface area contributed by atoms with Crippen molar-refractivity contribution in [1.29, 1.82) is 5.26 Å². The zero-order chi connectivity index (χ0) is 10.6. The van der Waals surface area contributed by atoms with Crippen LogP contribution in [0.1, 0.15) is 19.8 Å². The van der Waals surface area contributed by atoms with Gasteiger partial charge in [0.05, 0.1) is 12.5 Å². The zero-order valence-electron chi connectivity index (χ0n) is 8.69. The lowest BCUT2D eigenvalue weighted by atomic mass is 10.0. The molecule has 0 aromatic carbocycles. The molecule has 1 amide bonds. The van der Waals surface area contributed by atoms with Gasteiger partial charge in [-0.2, -0.15) is 5.26 Å². The SMILES string of the molecule is CC1CCOC1C(=O)N(C)CCC#N. The standard InChI is InChI=1S/C10H16N2O2/c1-8-4-7-14-9(8)10(13)12(2)6-3-5-11/h8-9H,3-4,6-7H2,1-2H3. The quantitative estimate of drug-likeness (QED) is 0.670. The fourth-order valence-corrected chi connectivity index (χ4v) is 1.56. The molecule has 0 spiro atoms. The summed E-state index contributed by atoms with van der Waals surface area (Å²) in [6.45, 7) is 3.18. The minimum atomic E-state index is -0.293.